The molecule has 0 aliphatic carbocycles. The molecule has 0 radical (unpaired) electrons. The number of ether oxygens (including phenoxy) is 1. The van der Waals surface area contributed by atoms with E-state index in [0.29, 0.717) is 17.1 Å². The van der Waals surface area contributed by atoms with Crippen molar-refractivity contribution in [2.24, 2.45) is 0 Å². The van der Waals surface area contributed by atoms with E-state index in [1.165, 1.54) is 25.3 Å². The molecule has 3 amide bonds. The van der Waals surface area contributed by atoms with E-state index in [0.717, 1.165) is 10.5 Å². The van der Waals surface area contributed by atoms with E-state index in [2.05, 4.69) is 5.32 Å². The Hall–Kier alpha value is -3.93. The van der Waals surface area contributed by atoms with Crippen molar-refractivity contribution in [1.29, 1.82) is 0 Å². The van der Waals surface area contributed by atoms with E-state index < -0.39 is 17.7 Å². The molecule has 0 fully saturated rings. The second kappa shape index (κ2) is 7.24. The lowest BCUT2D eigenvalue weighted by Gasteiger charge is -2.16. The van der Waals surface area contributed by atoms with E-state index >= 15 is 0 Å². The highest BCUT2D eigenvalue weighted by Crippen LogP contribution is 2.31. The highest BCUT2D eigenvalue weighted by molar-refractivity contribution is 6.35. The fourth-order valence-electron chi connectivity index (χ4n) is 3.36. The van der Waals surface area contributed by atoms with Gasteiger partial charge in [0, 0.05) is 5.56 Å². The number of imide groups is 1. The van der Waals surface area contributed by atoms with E-state index in [9.17, 15) is 14.4 Å². The number of hydrogen-bond acceptors (Lipinski definition) is 4. The van der Waals surface area contributed by atoms with Crippen molar-refractivity contribution in [2.45, 2.75) is 6.92 Å². The van der Waals surface area contributed by atoms with Crippen LogP contribution in [0, 0.1) is 6.92 Å². The minimum absolute atomic E-state index is 0.214. The number of carbonyl (C=O) groups is 3. The number of rotatable bonds is 4. The molecule has 3 aromatic carbocycles. The van der Waals surface area contributed by atoms with Crippen LogP contribution in [0.25, 0.3) is 0 Å². The zero-order valence-electron chi connectivity index (χ0n) is 15.9. The van der Waals surface area contributed by atoms with Crippen LogP contribution in [0.15, 0.2) is 66.7 Å². The van der Waals surface area contributed by atoms with Crippen LogP contribution in [0.5, 0.6) is 5.75 Å². The molecule has 4 rings (SSSR count). The van der Waals surface area contributed by atoms with E-state index in [1.54, 1.807) is 36.4 Å². The van der Waals surface area contributed by atoms with Gasteiger partial charge in [-0.3, -0.25) is 14.4 Å². The lowest BCUT2D eigenvalue weighted by molar-refractivity contribution is 0.0925. The van der Waals surface area contributed by atoms with Crippen molar-refractivity contribution >= 4 is 29.1 Å². The predicted molar refractivity (Wildman–Crippen MR) is 110 cm³/mol. The Morgan fingerprint density at radius 3 is 2.34 bits per heavy atom. The quantitative estimate of drug-likeness (QED) is 0.686. The zero-order valence-corrected chi connectivity index (χ0v) is 15.9. The number of anilines is 2. The number of para-hydroxylation sites is 3. The van der Waals surface area contributed by atoms with Gasteiger partial charge in [-0.2, -0.15) is 0 Å². The van der Waals surface area contributed by atoms with Crippen LogP contribution in [0.1, 0.15) is 36.6 Å². The van der Waals surface area contributed by atoms with Crippen molar-refractivity contribution in [3.8, 4) is 5.75 Å². The summed E-state index contributed by atoms with van der Waals surface area (Å²) in [6.07, 6.45) is 0. The Bertz CT molecular complexity index is 1150. The van der Waals surface area contributed by atoms with Gasteiger partial charge >= 0.3 is 0 Å². The van der Waals surface area contributed by atoms with Crippen LogP contribution in [-0.4, -0.2) is 24.8 Å². The van der Waals surface area contributed by atoms with Gasteiger partial charge in [0.15, 0.2) is 0 Å². The number of nitrogens with one attached hydrogen (secondary N) is 1. The van der Waals surface area contributed by atoms with Crippen LogP contribution in [0.2, 0.25) is 0 Å². The summed E-state index contributed by atoms with van der Waals surface area (Å²) in [5, 5.41) is 2.77. The smallest absolute Gasteiger partial charge is 0.266 e. The molecule has 0 atom stereocenters. The SMILES string of the molecule is COc1ccccc1NC(=O)c1ccc2c(c1)C(=O)N(c1ccccc1C)C2=O. The third-order valence-electron chi connectivity index (χ3n) is 4.86. The molecular weight excluding hydrogens is 368 g/mol. The minimum atomic E-state index is -0.439. The summed E-state index contributed by atoms with van der Waals surface area (Å²) in [7, 11) is 1.52. The number of amides is 3. The van der Waals surface area contributed by atoms with Gasteiger partial charge in [0.2, 0.25) is 0 Å². The second-order valence-electron chi connectivity index (χ2n) is 6.65. The van der Waals surface area contributed by atoms with Crippen molar-refractivity contribution in [3.63, 3.8) is 0 Å². The molecule has 0 unspecified atom stereocenters. The maximum Gasteiger partial charge on any atom is 0.266 e. The first-order valence-electron chi connectivity index (χ1n) is 9.04. The van der Waals surface area contributed by atoms with Crippen molar-refractivity contribution in [2.75, 3.05) is 17.3 Å². The fourth-order valence-corrected chi connectivity index (χ4v) is 3.36. The van der Waals surface area contributed by atoms with E-state index in [1.807, 2.05) is 19.1 Å². The average Bonchev–Trinajstić information content (AvgIpc) is 2.98. The lowest BCUT2D eigenvalue weighted by atomic mass is 10.1. The molecule has 0 saturated carbocycles. The first kappa shape index (κ1) is 18.4. The highest BCUT2D eigenvalue weighted by Gasteiger charge is 2.37. The normalized spacial score (nSPS) is 12.7. The molecule has 1 aliphatic rings. The number of nitrogens with zero attached hydrogens (tertiary/aromatic N) is 1. The molecule has 0 spiro atoms. The van der Waals surface area contributed by atoms with E-state index in [4.69, 9.17) is 4.74 Å². The van der Waals surface area contributed by atoms with Crippen LogP contribution in [0.4, 0.5) is 11.4 Å². The number of aryl methyl sites for hydroxylation is 1. The Kier molecular flexibility index (Phi) is 4.60. The van der Waals surface area contributed by atoms with Gasteiger partial charge in [-0.1, -0.05) is 30.3 Å². The summed E-state index contributed by atoms with van der Waals surface area (Å²) in [6.45, 7) is 1.84. The monoisotopic (exact) mass is 386 g/mol. The summed E-state index contributed by atoms with van der Waals surface area (Å²) in [5.74, 6) is -0.701. The first-order chi connectivity index (χ1) is 14.0. The molecular formula is C23H18N2O4. The zero-order chi connectivity index (χ0) is 20.5. The van der Waals surface area contributed by atoms with E-state index in [-0.39, 0.29) is 16.7 Å². The van der Waals surface area contributed by atoms with Gasteiger partial charge in [-0.25, -0.2) is 4.90 Å². The number of benzene rings is 3. The van der Waals surface area contributed by atoms with Crippen molar-refractivity contribution in [3.05, 3.63) is 89.0 Å². The largest absolute Gasteiger partial charge is 0.495 e. The van der Waals surface area contributed by atoms with Gasteiger partial charge in [-0.05, 0) is 48.9 Å². The number of methoxy groups -OCH3 is 1. The van der Waals surface area contributed by atoms with Gasteiger partial charge in [-0.15, -0.1) is 0 Å². The third-order valence-corrected chi connectivity index (χ3v) is 4.86. The third kappa shape index (κ3) is 3.14. The summed E-state index contributed by atoms with van der Waals surface area (Å²) < 4.78 is 5.24. The van der Waals surface area contributed by atoms with Crippen LogP contribution >= 0.6 is 0 Å². The average molecular weight is 386 g/mol. The Balaban J connectivity index is 1.66. The summed E-state index contributed by atoms with van der Waals surface area (Å²) in [5.41, 5.74) is 2.65. The second-order valence-corrected chi connectivity index (χ2v) is 6.65. The predicted octanol–water partition coefficient (Wildman–Crippen LogP) is 4.06. The maximum atomic E-state index is 12.9. The molecule has 0 bridgehead atoms. The molecule has 1 heterocycles. The van der Waals surface area contributed by atoms with Gasteiger partial charge in [0.1, 0.15) is 5.75 Å². The summed E-state index contributed by atoms with van der Waals surface area (Å²) in [6, 6.07) is 18.7. The standard InChI is InChI=1S/C23H18N2O4/c1-14-7-3-5-9-19(14)25-22(27)16-12-11-15(13-17(16)23(25)28)21(26)24-18-8-4-6-10-20(18)29-2/h3-13H,1-2H3,(H,24,26). The first-order valence-corrected chi connectivity index (χ1v) is 9.04. The molecule has 6 nitrogen and oxygen atoms in total. The summed E-state index contributed by atoms with van der Waals surface area (Å²) in [4.78, 5) is 39.6. The molecule has 1 aliphatic heterocycles. The molecule has 6 heteroatoms. The number of carbonyl (C=O) groups excluding carboxylic acids is 3. The minimum Gasteiger partial charge on any atom is -0.495 e. The van der Waals surface area contributed by atoms with Crippen LogP contribution < -0.4 is 15.0 Å². The topological polar surface area (TPSA) is 75.7 Å². The molecule has 1 N–H and O–H groups in total. The lowest BCUT2D eigenvalue weighted by Crippen LogP contribution is -2.29. The number of fused-ring (bicyclic) bond motifs is 1. The van der Waals surface area contributed by atoms with Gasteiger partial charge in [0.05, 0.1) is 29.6 Å². The Morgan fingerprint density at radius 2 is 1.59 bits per heavy atom. The van der Waals surface area contributed by atoms with Gasteiger partial charge in [0.25, 0.3) is 17.7 Å². The highest BCUT2D eigenvalue weighted by atomic mass is 16.5. The maximum absolute atomic E-state index is 12.9. The van der Waals surface area contributed by atoms with Gasteiger partial charge < -0.3 is 10.1 Å². The van der Waals surface area contributed by atoms with Crippen LogP contribution in [-0.2, 0) is 0 Å². The Morgan fingerprint density at radius 1 is 0.897 bits per heavy atom. The number of hydrogen-bond donors (Lipinski definition) is 1. The molecule has 0 aromatic heterocycles. The van der Waals surface area contributed by atoms with Crippen molar-refractivity contribution in [1.82, 2.24) is 0 Å². The van der Waals surface area contributed by atoms with Crippen molar-refractivity contribution < 1.29 is 19.1 Å². The molecule has 3 aromatic rings. The molecule has 0 saturated heterocycles. The fraction of sp³-hybridized carbons (Fsp3) is 0.0870. The summed E-state index contributed by atoms with van der Waals surface area (Å²) >= 11 is 0. The Labute approximate surface area is 167 Å². The van der Waals surface area contributed by atoms with Crippen LogP contribution in [0.3, 0.4) is 0 Å². The molecule has 29 heavy (non-hydrogen) atoms. The molecule has 144 valence electrons.